The van der Waals surface area contributed by atoms with Gasteiger partial charge in [-0.3, -0.25) is 0 Å². The monoisotopic (exact) mass is 318 g/mol. The molecule has 0 spiro atoms. The molecule has 0 aliphatic rings. The molecule has 2 nitrogen and oxygen atoms in total. The van der Waals surface area contributed by atoms with Crippen molar-refractivity contribution in [2.45, 2.75) is 25.9 Å². The summed E-state index contributed by atoms with van der Waals surface area (Å²) < 4.78 is 51.7. The van der Waals surface area contributed by atoms with E-state index in [0.717, 1.165) is 18.6 Å². The summed E-state index contributed by atoms with van der Waals surface area (Å²) in [6.07, 6.45) is -2.34. The van der Waals surface area contributed by atoms with E-state index in [1.54, 1.807) is 0 Å². The summed E-state index contributed by atoms with van der Waals surface area (Å²) in [5.74, 6) is -1.32. The van der Waals surface area contributed by atoms with Gasteiger partial charge in [0.15, 0.2) is 0 Å². The third-order valence-corrected chi connectivity index (χ3v) is 3.26. The fourth-order valence-corrected chi connectivity index (χ4v) is 2.23. The van der Waals surface area contributed by atoms with Gasteiger partial charge in [-0.2, -0.15) is 13.2 Å². The van der Waals surface area contributed by atoms with Crippen molar-refractivity contribution in [2.75, 3.05) is 0 Å². The summed E-state index contributed by atoms with van der Waals surface area (Å²) in [4.78, 5) is 7.83. The number of halogens is 5. The molecule has 2 rings (SSSR count). The Morgan fingerprint density at radius 2 is 1.90 bits per heavy atom. The molecule has 0 unspecified atom stereocenters. The van der Waals surface area contributed by atoms with Crippen LogP contribution in [-0.4, -0.2) is 9.97 Å². The topological polar surface area (TPSA) is 25.8 Å². The maximum atomic E-state index is 13.3. The molecule has 0 fully saturated rings. The van der Waals surface area contributed by atoms with E-state index in [-0.39, 0.29) is 10.7 Å². The lowest BCUT2D eigenvalue weighted by atomic mass is 10.0. The maximum absolute atomic E-state index is 13.3. The zero-order valence-corrected chi connectivity index (χ0v) is 11.8. The number of nitrogens with zero attached hydrogens (tertiary/aromatic N) is 2. The van der Waals surface area contributed by atoms with Crippen LogP contribution in [0.25, 0.3) is 11.3 Å². The third kappa shape index (κ3) is 3.32. The van der Waals surface area contributed by atoms with Crippen molar-refractivity contribution in [2.24, 2.45) is 0 Å². The van der Waals surface area contributed by atoms with Crippen molar-refractivity contribution in [1.29, 1.82) is 0 Å². The highest BCUT2D eigenvalue weighted by atomic mass is 35.5. The molecule has 0 N–H and O–H groups in total. The van der Waals surface area contributed by atoms with Crippen LogP contribution in [0.3, 0.4) is 0 Å². The number of benzene rings is 1. The minimum atomic E-state index is -4.76. The molecule has 112 valence electrons. The van der Waals surface area contributed by atoms with Gasteiger partial charge < -0.3 is 0 Å². The molecule has 0 aliphatic heterocycles. The van der Waals surface area contributed by atoms with E-state index in [1.807, 2.05) is 6.92 Å². The molecule has 0 saturated carbocycles. The quantitative estimate of drug-likeness (QED) is 0.593. The molecule has 0 aliphatic carbocycles. The molecule has 0 amide bonds. The van der Waals surface area contributed by atoms with Crippen molar-refractivity contribution < 1.29 is 17.6 Å². The molecule has 0 bridgehead atoms. The first-order valence-corrected chi connectivity index (χ1v) is 6.59. The lowest BCUT2D eigenvalue weighted by molar-refractivity contribution is -0.139. The Labute approximate surface area is 123 Å². The molecule has 1 aromatic carbocycles. The second-order valence-electron chi connectivity index (χ2n) is 4.43. The summed E-state index contributed by atoms with van der Waals surface area (Å²) in [5.41, 5.74) is -0.308. The summed E-state index contributed by atoms with van der Waals surface area (Å²) in [6, 6.07) is 2.78. The van der Waals surface area contributed by atoms with Crippen LogP contribution in [0.15, 0.2) is 24.5 Å². The van der Waals surface area contributed by atoms with E-state index in [0.29, 0.717) is 17.7 Å². The number of alkyl halides is 3. The SMILES string of the molecule is CCCc1c(Cl)ncnc1-c1ccc(F)c(C(F)(F)F)c1. The average molecular weight is 319 g/mol. The van der Waals surface area contributed by atoms with Crippen molar-refractivity contribution in [3.05, 3.63) is 46.6 Å². The highest BCUT2D eigenvalue weighted by molar-refractivity contribution is 6.30. The predicted molar refractivity (Wildman–Crippen MR) is 71.4 cm³/mol. The molecule has 2 aromatic rings. The van der Waals surface area contributed by atoms with Crippen LogP contribution in [0, 0.1) is 5.82 Å². The molecular formula is C14H11ClF4N2. The molecule has 0 saturated heterocycles. The van der Waals surface area contributed by atoms with Crippen LogP contribution in [0.5, 0.6) is 0 Å². The molecule has 1 heterocycles. The van der Waals surface area contributed by atoms with Gasteiger partial charge in [0.25, 0.3) is 0 Å². The van der Waals surface area contributed by atoms with Crippen molar-refractivity contribution >= 4 is 11.6 Å². The van der Waals surface area contributed by atoms with Gasteiger partial charge in [-0.25, -0.2) is 14.4 Å². The van der Waals surface area contributed by atoms with Gasteiger partial charge in [-0.05, 0) is 24.6 Å². The van der Waals surface area contributed by atoms with E-state index < -0.39 is 17.6 Å². The average Bonchev–Trinajstić information content (AvgIpc) is 2.41. The number of aromatic nitrogens is 2. The minimum absolute atomic E-state index is 0.163. The second-order valence-corrected chi connectivity index (χ2v) is 4.79. The van der Waals surface area contributed by atoms with Gasteiger partial charge in [0.1, 0.15) is 17.3 Å². The zero-order chi connectivity index (χ0) is 15.6. The Morgan fingerprint density at radius 1 is 1.19 bits per heavy atom. The smallest absolute Gasteiger partial charge is 0.236 e. The molecule has 1 aromatic heterocycles. The summed E-state index contributed by atoms with van der Waals surface area (Å²) >= 11 is 5.97. The van der Waals surface area contributed by atoms with Gasteiger partial charge in [0.2, 0.25) is 0 Å². The van der Waals surface area contributed by atoms with Crippen molar-refractivity contribution in [1.82, 2.24) is 9.97 Å². The minimum Gasteiger partial charge on any atom is -0.236 e. The Morgan fingerprint density at radius 3 is 2.52 bits per heavy atom. The van der Waals surface area contributed by atoms with Gasteiger partial charge in [0.05, 0.1) is 11.3 Å². The van der Waals surface area contributed by atoms with E-state index in [1.165, 1.54) is 12.4 Å². The predicted octanol–water partition coefficient (Wildman–Crippen LogP) is 4.91. The lowest BCUT2D eigenvalue weighted by Gasteiger charge is -2.12. The molecular weight excluding hydrogens is 308 g/mol. The Bertz CT molecular complexity index is 656. The highest BCUT2D eigenvalue weighted by Crippen LogP contribution is 2.35. The fraction of sp³-hybridized carbons (Fsp3) is 0.286. The van der Waals surface area contributed by atoms with Crippen LogP contribution in [0.4, 0.5) is 17.6 Å². The highest BCUT2D eigenvalue weighted by Gasteiger charge is 2.34. The zero-order valence-electron chi connectivity index (χ0n) is 11.0. The normalized spacial score (nSPS) is 11.7. The standard InChI is InChI=1S/C14H11ClF4N2/c1-2-3-9-12(20-7-21-13(9)15)8-4-5-11(16)10(6-8)14(17,18)19/h4-7H,2-3H2,1H3. The van der Waals surface area contributed by atoms with E-state index in [9.17, 15) is 17.6 Å². The number of rotatable bonds is 3. The summed E-state index contributed by atoms with van der Waals surface area (Å²) in [7, 11) is 0. The van der Waals surface area contributed by atoms with Crippen LogP contribution < -0.4 is 0 Å². The first-order valence-electron chi connectivity index (χ1n) is 6.21. The van der Waals surface area contributed by atoms with Crippen LogP contribution in [0.2, 0.25) is 5.15 Å². The van der Waals surface area contributed by atoms with Crippen LogP contribution >= 0.6 is 11.6 Å². The van der Waals surface area contributed by atoms with Gasteiger partial charge >= 0.3 is 6.18 Å². The molecule has 7 heteroatoms. The summed E-state index contributed by atoms with van der Waals surface area (Å²) in [6.45, 7) is 1.90. The largest absolute Gasteiger partial charge is 0.419 e. The maximum Gasteiger partial charge on any atom is 0.419 e. The Kier molecular flexibility index (Phi) is 4.46. The lowest BCUT2D eigenvalue weighted by Crippen LogP contribution is -2.08. The van der Waals surface area contributed by atoms with Gasteiger partial charge in [-0.15, -0.1) is 0 Å². The van der Waals surface area contributed by atoms with E-state index in [2.05, 4.69) is 9.97 Å². The number of hydrogen-bond acceptors (Lipinski definition) is 2. The van der Waals surface area contributed by atoms with Crippen LogP contribution in [-0.2, 0) is 12.6 Å². The van der Waals surface area contributed by atoms with E-state index >= 15 is 0 Å². The first kappa shape index (κ1) is 15.7. The van der Waals surface area contributed by atoms with Crippen LogP contribution in [0.1, 0.15) is 24.5 Å². The van der Waals surface area contributed by atoms with Gasteiger partial charge in [-0.1, -0.05) is 24.9 Å². The second kappa shape index (κ2) is 5.97. The molecule has 0 radical (unpaired) electrons. The number of hydrogen-bond donors (Lipinski definition) is 0. The molecule has 21 heavy (non-hydrogen) atoms. The fourth-order valence-electron chi connectivity index (χ4n) is 2.00. The Hall–Kier alpha value is -1.69. The first-order chi connectivity index (χ1) is 9.84. The van der Waals surface area contributed by atoms with E-state index in [4.69, 9.17) is 11.6 Å². The van der Waals surface area contributed by atoms with Crippen molar-refractivity contribution in [3.63, 3.8) is 0 Å². The third-order valence-electron chi connectivity index (χ3n) is 2.94. The van der Waals surface area contributed by atoms with Gasteiger partial charge in [0, 0.05) is 11.1 Å². The molecule has 0 atom stereocenters. The van der Waals surface area contributed by atoms with Crippen molar-refractivity contribution in [3.8, 4) is 11.3 Å². The Balaban J connectivity index is 2.60. The summed E-state index contributed by atoms with van der Waals surface area (Å²) in [5, 5.41) is 0.194.